The van der Waals surface area contributed by atoms with Crippen LogP contribution in [-0.2, 0) is 22.8 Å². The Hall–Kier alpha value is -2.30. The minimum atomic E-state index is -4.14. The van der Waals surface area contributed by atoms with E-state index in [9.17, 15) is 23.9 Å². The lowest BCUT2D eigenvalue weighted by molar-refractivity contribution is -0.695. The van der Waals surface area contributed by atoms with Crippen LogP contribution in [0, 0.1) is 12.8 Å². The van der Waals surface area contributed by atoms with Gasteiger partial charge in [0.15, 0.2) is 11.9 Å². The number of hydrogen-bond acceptors (Lipinski definition) is 6. The zero-order chi connectivity index (χ0) is 18.8. The quantitative estimate of drug-likeness (QED) is 0.388. The van der Waals surface area contributed by atoms with Crippen LogP contribution >= 0.6 is 0 Å². The van der Waals surface area contributed by atoms with Crippen molar-refractivity contribution >= 4 is 5.97 Å². The number of aromatic amines is 1. The summed E-state index contributed by atoms with van der Waals surface area (Å²) in [5.41, 5.74) is 0.164. The number of aromatic hydroxyl groups is 1. The van der Waals surface area contributed by atoms with Crippen molar-refractivity contribution in [3.8, 4) is 5.75 Å². The standard InChI is InChI=1S/C15H18F2N2O6/c1-7-13(20)10(9(4-18-7)6-25-24)5-19-12-3-8(14(21)22)2-11(12)15(16,17)23/h4,8,19-20,23-24H,2-3,5-6H2,1H3,(H,21,22)/t8-/m0/s1. The zero-order valence-corrected chi connectivity index (χ0v) is 13.3. The minimum absolute atomic E-state index is 0.0984. The first kappa shape index (κ1) is 19.0. The van der Waals surface area contributed by atoms with Crippen LogP contribution in [0.4, 0.5) is 8.78 Å². The van der Waals surface area contributed by atoms with Crippen LogP contribution in [0.15, 0.2) is 17.5 Å². The topological polar surface area (TPSA) is 136 Å². The normalized spacial score (nSPS) is 17.9. The second kappa shape index (κ2) is 7.30. The van der Waals surface area contributed by atoms with Gasteiger partial charge >= 0.3 is 12.1 Å². The van der Waals surface area contributed by atoms with Gasteiger partial charge in [-0.05, 0) is 6.42 Å². The second-order valence-electron chi connectivity index (χ2n) is 5.82. The fourth-order valence-corrected chi connectivity index (χ4v) is 2.78. The van der Waals surface area contributed by atoms with Crippen LogP contribution < -0.4 is 15.6 Å². The van der Waals surface area contributed by atoms with Gasteiger partial charge in [-0.1, -0.05) is 0 Å². The number of allylic oxidation sites excluding steroid dienone is 1. The molecule has 5 N–H and O–H groups in total. The van der Waals surface area contributed by atoms with Crippen molar-refractivity contribution in [3.63, 3.8) is 0 Å². The Kier molecular flexibility index (Phi) is 5.55. The number of carbonyl (C=O) groups is 1. The number of rotatable bonds is 7. The van der Waals surface area contributed by atoms with Crippen molar-refractivity contribution < 1.29 is 44.0 Å². The monoisotopic (exact) mass is 360 g/mol. The first-order chi connectivity index (χ1) is 11.6. The molecule has 2 rings (SSSR count). The van der Waals surface area contributed by atoms with Crippen LogP contribution in [0.1, 0.15) is 29.7 Å². The van der Waals surface area contributed by atoms with Crippen LogP contribution in [0.3, 0.4) is 0 Å². The summed E-state index contributed by atoms with van der Waals surface area (Å²) in [4.78, 5) is 17.6. The molecule has 0 radical (unpaired) electrons. The molecule has 0 aliphatic heterocycles. The lowest BCUT2D eigenvalue weighted by Crippen LogP contribution is -2.24. The van der Waals surface area contributed by atoms with Crippen molar-refractivity contribution in [2.45, 2.75) is 39.0 Å². The maximum atomic E-state index is 13.3. The van der Waals surface area contributed by atoms with Gasteiger partial charge in [-0.3, -0.25) is 4.79 Å². The molecule has 1 atom stereocenters. The van der Waals surface area contributed by atoms with E-state index in [1.165, 1.54) is 6.20 Å². The van der Waals surface area contributed by atoms with Gasteiger partial charge in [0.2, 0.25) is 5.69 Å². The number of H-pyrrole nitrogens is 1. The Balaban J connectivity index is 2.27. The van der Waals surface area contributed by atoms with E-state index in [1.54, 1.807) is 6.92 Å². The minimum Gasteiger partial charge on any atom is -0.723 e. The molecule has 0 spiro atoms. The number of carboxylic acids is 1. The van der Waals surface area contributed by atoms with E-state index in [0.717, 1.165) is 0 Å². The molecule has 1 aromatic heterocycles. The van der Waals surface area contributed by atoms with E-state index in [0.29, 0.717) is 11.3 Å². The zero-order valence-electron chi connectivity index (χ0n) is 13.3. The smallest absolute Gasteiger partial charge is 0.378 e. The van der Waals surface area contributed by atoms with Gasteiger partial charge in [0, 0.05) is 42.3 Å². The maximum absolute atomic E-state index is 13.3. The van der Waals surface area contributed by atoms with Crippen molar-refractivity contribution in [2.75, 3.05) is 0 Å². The summed E-state index contributed by atoms with van der Waals surface area (Å²) in [6.45, 7) is 1.06. The van der Waals surface area contributed by atoms with Crippen LogP contribution in [0.2, 0.25) is 0 Å². The van der Waals surface area contributed by atoms with Gasteiger partial charge in [0.25, 0.3) is 0 Å². The summed E-state index contributed by atoms with van der Waals surface area (Å²) in [6.07, 6.45) is -3.39. The first-order valence-electron chi connectivity index (χ1n) is 7.41. The third-order valence-corrected chi connectivity index (χ3v) is 4.16. The molecule has 0 saturated carbocycles. The highest BCUT2D eigenvalue weighted by molar-refractivity contribution is 5.72. The lowest BCUT2D eigenvalue weighted by Gasteiger charge is -2.16. The highest BCUT2D eigenvalue weighted by Gasteiger charge is 2.42. The summed E-state index contributed by atoms with van der Waals surface area (Å²) in [5, 5.41) is 41.1. The number of nitrogens with one attached hydrogen (secondary N) is 2. The molecule has 8 nitrogen and oxygen atoms in total. The number of pyridine rings is 1. The largest absolute Gasteiger partial charge is 0.723 e. The molecule has 0 unspecified atom stereocenters. The summed E-state index contributed by atoms with van der Waals surface area (Å²) in [7, 11) is 0. The van der Waals surface area contributed by atoms with Crippen LogP contribution in [0.5, 0.6) is 5.75 Å². The number of carboxylic acid groups (broad SMARTS) is 1. The molecule has 1 heterocycles. The fourth-order valence-electron chi connectivity index (χ4n) is 2.78. The number of hydrogen-bond donors (Lipinski definition) is 4. The molecule has 0 saturated heterocycles. The van der Waals surface area contributed by atoms with Gasteiger partial charge in [-0.25, -0.2) is 4.98 Å². The molecule has 1 aliphatic carbocycles. The molecule has 1 aliphatic rings. The van der Waals surface area contributed by atoms with E-state index < -0.39 is 30.0 Å². The summed E-state index contributed by atoms with van der Waals surface area (Å²) in [6, 6.07) is 0. The number of aliphatic hydroxyl groups is 1. The van der Waals surface area contributed by atoms with E-state index in [4.69, 9.17) is 10.2 Å². The molecule has 25 heavy (non-hydrogen) atoms. The predicted molar refractivity (Wildman–Crippen MR) is 75.6 cm³/mol. The van der Waals surface area contributed by atoms with Gasteiger partial charge < -0.3 is 30.8 Å². The Morgan fingerprint density at radius 2 is 2.20 bits per heavy atom. The van der Waals surface area contributed by atoms with E-state index in [2.05, 4.69) is 15.2 Å². The second-order valence-corrected chi connectivity index (χ2v) is 5.82. The van der Waals surface area contributed by atoms with Gasteiger partial charge in [-0.15, -0.1) is 0 Å². The molecule has 0 amide bonds. The number of alkyl halides is 2. The number of halogens is 2. The Labute approximate surface area is 141 Å². The summed E-state index contributed by atoms with van der Waals surface area (Å²) in [5.74, 6) is -2.49. The maximum Gasteiger partial charge on any atom is 0.378 e. The highest BCUT2D eigenvalue weighted by Crippen LogP contribution is 2.38. The van der Waals surface area contributed by atoms with E-state index in [-0.39, 0.29) is 36.6 Å². The predicted octanol–water partition coefficient (Wildman–Crippen LogP) is -0.270. The van der Waals surface area contributed by atoms with Gasteiger partial charge in [0.1, 0.15) is 0 Å². The molecule has 0 fully saturated rings. The van der Waals surface area contributed by atoms with Gasteiger partial charge in [0.05, 0.1) is 12.5 Å². The van der Waals surface area contributed by atoms with Crippen molar-refractivity contribution in [2.24, 2.45) is 5.92 Å². The first-order valence-corrected chi connectivity index (χ1v) is 7.41. The van der Waals surface area contributed by atoms with Crippen LogP contribution in [-0.4, -0.2) is 27.4 Å². The molecule has 138 valence electrons. The highest BCUT2D eigenvalue weighted by atomic mass is 19.3. The third-order valence-electron chi connectivity index (χ3n) is 4.16. The molecule has 0 aromatic carbocycles. The molecule has 0 bridgehead atoms. The van der Waals surface area contributed by atoms with E-state index >= 15 is 0 Å². The van der Waals surface area contributed by atoms with Crippen molar-refractivity contribution in [3.05, 3.63) is 34.3 Å². The third kappa shape index (κ3) is 4.21. The Morgan fingerprint density at radius 1 is 1.52 bits per heavy atom. The Morgan fingerprint density at radius 3 is 2.76 bits per heavy atom. The molecule has 10 heteroatoms. The van der Waals surface area contributed by atoms with Gasteiger partial charge in [-0.2, -0.15) is 8.78 Å². The lowest BCUT2D eigenvalue weighted by atomic mass is 10.1. The Bertz CT molecular complexity index is 702. The number of aryl methyl sites for hydroxylation is 1. The van der Waals surface area contributed by atoms with E-state index in [1.807, 2.05) is 0 Å². The number of aliphatic carboxylic acids is 1. The van der Waals surface area contributed by atoms with Crippen molar-refractivity contribution in [1.29, 1.82) is 0 Å². The summed E-state index contributed by atoms with van der Waals surface area (Å²) >= 11 is 0. The van der Waals surface area contributed by atoms with Crippen molar-refractivity contribution in [1.82, 2.24) is 5.32 Å². The SMILES string of the molecule is Cc1[nH+]cc(CO[O-])c(CNC2=C(C(O)(F)F)C[C@H](C(=O)O)C2)c1O. The molecule has 1 aromatic rings. The average molecular weight is 360 g/mol. The molecular weight excluding hydrogens is 342 g/mol. The summed E-state index contributed by atoms with van der Waals surface area (Å²) < 4.78 is 26.7. The van der Waals surface area contributed by atoms with Crippen LogP contribution in [0.25, 0.3) is 0 Å². The fraction of sp³-hybridized carbons (Fsp3) is 0.467. The number of aromatic nitrogens is 1. The molecular formula is C15H18F2N2O6. The average Bonchev–Trinajstić information content (AvgIpc) is 2.95.